The zero-order valence-electron chi connectivity index (χ0n) is 17.7. The zero-order valence-corrected chi connectivity index (χ0v) is 18.6. The second-order valence-electron chi connectivity index (χ2n) is 7.06. The molecule has 1 amide bonds. The van der Waals surface area contributed by atoms with E-state index in [0.717, 1.165) is 24.5 Å². The SMILES string of the molecule is CCN(c1ccc(C(=O)N2CCN(c3ccccc3OC)CC2)cc1)S(=O)(=O)CC. The Hall–Kier alpha value is -2.74. The third-order valence-electron chi connectivity index (χ3n) is 5.38. The Kier molecular flexibility index (Phi) is 6.87. The van der Waals surface area contributed by atoms with E-state index in [-0.39, 0.29) is 11.7 Å². The van der Waals surface area contributed by atoms with Crippen LogP contribution in [0, 0.1) is 0 Å². The predicted molar refractivity (Wildman–Crippen MR) is 120 cm³/mol. The van der Waals surface area contributed by atoms with Crippen LogP contribution in [0.15, 0.2) is 48.5 Å². The van der Waals surface area contributed by atoms with Gasteiger partial charge in [-0.15, -0.1) is 0 Å². The van der Waals surface area contributed by atoms with Crippen LogP contribution in [0.5, 0.6) is 5.75 Å². The summed E-state index contributed by atoms with van der Waals surface area (Å²) in [7, 11) is -1.67. The Morgan fingerprint density at radius 2 is 1.63 bits per heavy atom. The average Bonchev–Trinajstić information content (AvgIpc) is 2.79. The number of carbonyl (C=O) groups is 1. The summed E-state index contributed by atoms with van der Waals surface area (Å²) in [6.45, 7) is 6.46. The van der Waals surface area contributed by atoms with Crippen LogP contribution in [-0.2, 0) is 10.0 Å². The maximum Gasteiger partial charge on any atom is 0.253 e. The highest BCUT2D eigenvalue weighted by Crippen LogP contribution is 2.28. The average molecular weight is 432 g/mol. The number of sulfonamides is 1. The molecule has 1 aliphatic heterocycles. The second kappa shape index (κ2) is 9.38. The molecule has 1 heterocycles. The van der Waals surface area contributed by atoms with Crippen LogP contribution in [0.25, 0.3) is 0 Å². The van der Waals surface area contributed by atoms with Crippen LogP contribution in [-0.4, -0.2) is 64.8 Å². The van der Waals surface area contributed by atoms with Crippen molar-refractivity contribution in [3.63, 3.8) is 0 Å². The van der Waals surface area contributed by atoms with Crippen molar-refractivity contribution in [2.24, 2.45) is 0 Å². The van der Waals surface area contributed by atoms with E-state index < -0.39 is 10.0 Å². The Morgan fingerprint density at radius 3 is 2.20 bits per heavy atom. The van der Waals surface area contributed by atoms with E-state index in [9.17, 15) is 13.2 Å². The van der Waals surface area contributed by atoms with Gasteiger partial charge in [0.2, 0.25) is 10.0 Å². The molecule has 0 atom stereocenters. The van der Waals surface area contributed by atoms with Crippen LogP contribution < -0.4 is 13.9 Å². The van der Waals surface area contributed by atoms with E-state index in [1.54, 1.807) is 45.2 Å². The lowest BCUT2D eigenvalue weighted by atomic mass is 10.1. The highest BCUT2D eigenvalue weighted by molar-refractivity contribution is 7.92. The van der Waals surface area contributed by atoms with Crippen molar-refractivity contribution in [2.45, 2.75) is 13.8 Å². The number of anilines is 2. The Balaban J connectivity index is 1.67. The number of methoxy groups -OCH3 is 1. The van der Waals surface area contributed by atoms with Crippen molar-refractivity contribution in [3.8, 4) is 5.75 Å². The van der Waals surface area contributed by atoms with Gasteiger partial charge in [-0.1, -0.05) is 12.1 Å². The summed E-state index contributed by atoms with van der Waals surface area (Å²) in [4.78, 5) is 17.0. The number of nitrogens with zero attached hydrogens (tertiary/aromatic N) is 3. The minimum Gasteiger partial charge on any atom is -0.495 e. The van der Waals surface area contributed by atoms with Gasteiger partial charge >= 0.3 is 0 Å². The monoisotopic (exact) mass is 431 g/mol. The molecule has 0 unspecified atom stereocenters. The molecule has 2 aromatic carbocycles. The van der Waals surface area contributed by atoms with Crippen molar-refractivity contribution < 1.29 is 17.9 Å². The molecular formula is C22H29N3O4S. The second-order valence-corrected chi connectivity index (χ2v) is 9.25. The number of rotatable bonds is 7. The summed E-state index contributed by atoms with van der Waals surface area (Å²) in [5, 5.41) is 0. The van der Waals surface area contributed by atoms with Crippen molar-refractivity contribution >= 4 is 27.3 Å². The molecule has 0 saturated carbocycles. The van der Waals surface area contributed by atoms with E-state index in [4.69, 9.17) is 4.74 Å². The fourth-order valence-electron chi connectivity index (χ4n) is 3.69. The smallest absolute Gasteiger partial charge is 0.253 e. The molecule has 0 spiro atoms. The number of amides is 1. The number of carbonyl (C=O) groups excluding carboxylic acids is 1. The molecule has 162 valence electrons. The molecule has 3 rings (SSSR count). The van der Waals surface area contributed by atoms with Crippen LogP contribution in [0.2, 0.25) is 0 Å². The fourth-order valence-corrected chi connectivity index (χ4v) is 4.84. The first-order chi connectivity index (χ1) is 14.4. The molecule has 7 nitrogen and oxygen atoms in total. The van der Waals surface area contributed by atoms with Crippen molar-refractivity contribution in [3.05, 3.63) is 54.1 Å². The van der Waals surface area contributed by atoms with E-state index in [2.05, 4.69) is 4.90 Å². The molecule has 0 aliphatic carbocycles. The molecule has 1 saturated heterocycles. The minimum absolute atomic E-state index is 0.0392. The molecule has 0 radical (unpaired) electrons. The van der Waals surface area contributed by atoms with Gasteiger partial charge in [0.25, 0.3) is 5.91 Å². The van der Waals surface area contributed by atoms with Gasteiger partial charge in [-0.25, -0.2) is 8.42 Å². The number of para-hydroxylation sites is 2. The summed E-state index contributed by atoms with van der Waals surface area (Å²) in [5.74, 6) is 0.829. The minimum atomic E-state index is -3.33. The lowest BCUT2D eigenvalue weighted by Gasteiger charge is -2.36. The normalized spacial score (nSPS) is 14.5. The van der Waals surface area contributed by atoms with Gasteiger partial charge in [-0.2, -0.15) is 0 Å². The molecule has 2 aromatic rings. The molecule has 0 N–H and O–H groups in total. The Labute approximate surface area is 178 Å². The lowest BCUT2D eigenvalue weighted by molar-refractivity contribution is 0.0746. The van der Waals surface area contributed by atoms with E-state index in [1.165, 1.54) is 4.31 Å². The lowest BCUT2D eigenvalue weighted by Crippen LogP contribution is -2.48. The number of ether oxygens (including phenoxy) is 1. The van der Waals surface area contributed by atoms with Crippen LogP contribution in [0.4, 0.5) is 11.4 Å². The summed E-state index contributed by atoms with van der Waals surface area (Å²) in [6.07, 6.45) is 0. The molecule has 8 heteroatoms. The fraction of sp³-hybridized carbons (Fsp3) is 0.409. The summed E-state index contributed by atoms with van der Waals surface area (Å²) in [5.41, 5.74) is 2.18. The van der Waals surface area contributed by atoms with E-state index in [0.29, 0.717) is 30.9 Å². The maximum absolute atomic E-state index is 12.9. The van der Waals surface area contributed by atoms with Gasteiger partial charge in [0, 0.05) is 38.3 Å². The largest absolute Gasteiger partial charge is 0.495 e. The summed E-state index contributed by atoms with van der Waals surface area (Å²) in [6, 6.07) is 14.7. The third kappa shape index (κ3) is 4.53. The van der Waals surface area contributed by atoms with Crippen LogP contribution in [0.3, 0.4) is 0 Å². The first-order valence-corrected chi connectivity index (χ1v) is 11.8. The van der Waals surface area contributed by atoms with Gasteiger partial charge in [0.05, 0.1) is 24.2 Å². The van der Waals surface area contributed by atoms with Gasteiger partial charge in [-0.3, -0.25) is 9.10 Å². The Morgan fingerprint density at radius 1 is 1.00 bits per heavy atom. The number of hydrogen-bond acceptors (Lipinski definition) is 5. The quantitative estimate of drug-likeness (QED) is 0.674. The number of piperazine rings is 1. The molecule has 0 aromatic heterocycles. The van der Waals surface area contributed by atoms with Gasteiger partial charge in [0.1, 0.15) is 5.75 Å². The molecule has 30 heavy (non-hydrogen) atoms. The summed E-state index contributed by atoms with van der Waals surface area (Å²) < 4.78 is 31.3. The number of hydrogen-bond donors (Lipinski definition) is 0. The summed E-state index contributed by atoms with van der Waals surface area (Å²) >= 11 is 0. The molecular weight excluding hydrogens is 402 g/mol. The van der Waals surface area contributed by atoms with Crippen molar-refractivity contribution in [1.82, 2.24) is 4.90 Å². The van der Waals surface area contributed by atoms with Crippen molar-refractivity contribution in [1.29, 1.82) is 0 Å². The topological polar surface area (TPSA) is 70.2 Å². The Bertz CT molecular complexity index is 968. The molecule has 1 fully saturated rings. The van der Waals surface area contributed by atoms with Crippen LogP contribution >= 0.6 is 0 Å². The number of benzene rings is 2. The predicted octanol–water partition coefficient (Wildman–Crippen LogP) is 2.83. The highest BCUT2D eigenvalue weighted by atomic mass is 32.2. The first-order valence-electron chi connectivity index (χ1n) is 10.2. The molecule has 1 aliphatic rings. The van der Waals surface area contributed by atoms with Gasteiger partial charge in [0.15, 0.2) is 0 Å². The first kappa shape index (κ1) is 22.0. The third-order valence-corrected chi connectivity index (χ3v) is 7.25. The standard InChI is InChI=1S/C22H29N3O4S/c1-4-25(30(27,28)5-2)19-12-10-18(11-13-19)22(26)24-16-14-23(15-17-24)20-8-6-7-9-21(20)29-3/h6-13H,4-5,14-17H2,1-3H3. The van der Waals surface area contributed by atoms with Gasteiger partial charge < -0.3 is 14.5 Å². The van der Waals surface area contributed by atoms with Crippen LogP contribution in [0.1, 0.15) is 24.2 Å². The maximum atomic E-state index is 12.9. The van der Waals surface area contributed by atoms with E-state index in [1.807, 2.05) is 29.2 Å². The van der Waals surface area contributed by atoms with Gasteiger partial charge in [-0.05, 0) is 50.2 Å². The zero-order chi connectivity index (χ0) is 21.7. The van der Waals surface area contributed by atoms with E-state index >= 15 is 0 Å². The highest BCUT2D eigenvalue weighted by Gasteiger charge is 2.24. The molecule has 0 bridgehead atoms. The van der Waals surface area contributed by atoms with Crippen molar-refractivity contribution in [2.75, 3.05) is 54.8 Å².